The lowest BCUT2D eigenvalue weighted by molar-refractivity contribution is -0.118. The molecule has 43 heavy (non-hydrogen) atoms. The number of carbonyl (C=O) groups is 2. The number of carbonyl (C=O) groups excluding carboxylic acids is 2. The molecule has 2 aliphatic rings. The van der Waals surface area contributed by atoms with Crippen LogP contribution in [0.4, 0.5) is 14.5 Å². The van der Waals surface area contributed by atoms with Crippen molar-refractivity contribution in [1.29, 1.82) is 0 Å². The predicted molar refractivity (Wildman–Crippen MR) is 155 cm³/mol. The van der Waals surface area contributed by atoms with Crippen molar-refractivity contribution in [3.63, 3.8) is 0 Å². The number of ketones is 1. The van der Waals surface area contributed by atoms with Gasteiger partial charge in [0, 0.05) is 44.5 Å². The summed E-state index contributed by atoms with van der Waals surface area (Å²) < 4.78 is 43.8. The number of halogens is 2. The maximum atomic E-state index is 15.1. The van der Waals surface area contributed by atoms with Crippen molar-refractivity contribution in [2.45, 2.75) is 52.5 Å². The number of hydrogen-bond donors (Lipinski definition) is 1. The molecule has 0 spiro atoms. The number of fused-ring (bicyclic) bond motifs is 1. The second-order valence-electron chi connectivity index (χ2n) is 11.1. The summed E-state index contributed by atoms with van der Waals surface area (Å²) in [5, 5.41) is 2.51. The summed E-state index contributed by atoms with van der Waals surface area (Å²) >= 11 is 0. The molecule has 2 aliphatic heterocycles. The van der Waals surface area contributed by atoms with Crippen molar-refractivity contribution in [3.8, 4) is 11.1 Å². The summed E-state index contributed by atoms with van der Waals surface area (Å²) in [4.78, 5) is 53.1. The van der Waals surface area contributed by atoms with Gasteiger partial charge in [0.25, 0.3) is 11.5 Å². The monoisotopic (exact) mass is 596 g/mol. The molecule has 2 atom stereocenters. The molecule has 0 unspecified atom stereocenters. The van der Waals surface area contributed by atoms with Gasteiger partial charge in [0.2, 0.25) is 0 Å². The Hall–Kier alpha value is -4.16. The highest BCUT2D eigenvalue weighted by Gasteiger charge is 2.29. The topological polar surface area (TPSA) is 112 Å². The SMILES string of the molecule is CC(=O)[C@H](Cc1ccc(-c2c(C)n(C)c(=O)n(C)c2=O)c2c1COC2)NC(=O)c1c(F)cc(N2CCOC[C@@H]2C)cc1F. The maximum absolute atomic E-state index is 15.1. The van der Waals surface area contributed by atoms with Crippen molar-refractivity contribution in [1.82, 2.24) is 14.5 Å². The van der Waals surface area contributed by atoms with Crippen molar-refractivity contribution in [2.24, 2.45) is 14.1 Å². The summed E-state index contributed by atoms with van der Waals surface area (Å²) in [6, 6.07) is 4.56. The molecule has 228 valence electrons. The first kappa shape index (κ1) is 30.3. The Morgan fingerprint density at radius 3 is 2.37 bits per heavy atom. The Bertz CT molecular complexity index is 1720. The van der Waals surface area contributed by atoms with Crippen LogP contribution < -0.4 is 21.5 Å². The third-order valence-corrected chi connectivity index (χ3v) is 8.42. The van der Waals surface area contributed by atoms with E-state index in [1.807, 2.05) is 11.8 Å². The molecule has 0 bridgehead atoms. The van der Waals surface area contributed by atoms with E-state index in [1.165, 1.54) is 18.5 Å². The van der Waals surface area contributed by atoms with Crippen LogP contribution in [0, 0.1) is 18.6 Å². The van der Waals surface area contributed by atoms with Gasteiger partial charge in [0.15, 0.2) is 5.78 Å². The van der Waals surface area contributed by atoms with Crippen LogP contribution in [0.2, 0.25) is 0 Å². The second-order valence-corrected chi connectivity index (χ2v) is 11.1. The lowest BCUT2D eigenvalue weighted by Crippen LogP contribution is -2.44. The molecule has 12 heteroatoms. The van der Waals surface area contributed by atoms with Gasteiger partial charge in [0.1, 0.15) is 17.2 Å². The van der Waals surface area contributed by atoms with Gasteiger partial charge in [-0.2, -0.15) is 0 Å². The molecule has 1 amide bonds. The van der Waals surface area contributed by atoms with Crippen molar-refractivity contribution < 1.29 is 27.8 Å². The van der Waals surface area contributed by atoms with E-state index in [0.29, 0.717) is 47.8 Å². The van der Waals surface area contributed by atoms with Crippen LogP contribution in [-0.2, 0) is 48.0 Å². The molecule has 1 N–H and O–H groups in total. The van der Waals surface area contributed by atoms with Gasteiger partial charge in [-0.15, -0.1) is 0 Å². The molecular weight excluding hydrogens is 562 g/mol. The highest BCUT2D eigenvalue weighted by molar-refractivity contribution is 5.98. The Labute approximate surface area is 246 Å². The largest absolute Gasteiger partial charge is 0.377 e. The van der Waals surface area contributed by atoms with Crippen LogP contribution in [0.5, 0.6) is 0 Å². The van der Waals surface area contributed by atoms with E-state index in [9.17, 15) is 19.2 Å². The normalized spacial score (nSPS) is 17.1. The number of ether oxygens (including phenoxy) is 2. The Morgan fingerprint density at radius 1 is 1.05 bits per heavy atom. The molecule has 0 saturated carbocycles. The first-order valence-electron chi connectivity index (χ1n) is 14.0. The average molecular weight is 597 g/mol. The quantitative estimate of drug-likeness (QED) is 0.446. The van der Waals surface area contributed by atoms with Gasteiger partial charge >= 0.3 is 5.69 Å². The standard InChI is InChI=1S/C31H34F2N4O6/c1-16-13-42-9-8-37(16)20-11-24(32)28(25(33)12-20)29(39)34-26(18(3)38)10-19-6-7-21(23-15-43-14-22(19)23)27-17(2)35(4)31(41)36(5)30(27)40/h6-7,11-12,16,26H,8-10,13-15H2,1-5H3,(H,34,39)/t16-,26-/m0/s1. The van der Waals surface area contributed by atoms with Gasteiger partial charge in [-0.3, -0.25) is 19.0 Å². The third-order valence-electron chi connectivity index (χ3n) is 8.42. The van der Waals surface area contributed by atoms with Crippen LogP contribution in [0.25, 0.3) is 11.1 Å². The lowest BCUT2D eigenvalue weighted by Gasteiger charge is -2.35. The molecule has 10 nitrogen and oxygen atoms in total. The molecule has 3 aromatic rings. The smallest absolute Gasteiger partial charge is 0.330 e. The predicted octanol–water partition coefficient (Wildman–Crippen LogP) is 2.52. The molecule has 0 aliphatic carbocycles. The fraction of sp³-hybridized carbons (Fsp3) is 0.419. The van der Waals surface area contributed by atoms with Crippen molar-refractivity contribution >= 4 is 17.4 Å². The number of amides is 1. The molecule has 1 fully saturated rings. The molecule has 1 aromatic heterocycles. The Morgan fingerprint density at radius 2 is 1.72 bits per heavy atom. The summed E-state index contributed by atoms with van der Waals surface area (Å²) in [7, 11) is 3.01. The highest BCUT2D eigenvalue weighted by Crippen LogP contribution is 2.34. The van der Waals surface area contributed by atoms with Crippen LogP contribution in [0.15, 0.2) is 33.9 Å². The number of anilines is 1. The van der Waals surface area contributed by atoms with Gasteiger partial charge in [-0.05, 0) is 55.2 Å². The summed E-state index contributed by atoms with van der Waals surface area (Å²) in [6.07, 6.45) is 0.0456. The third kappa shape index (κ3) is 5.52. The van der Waals surface area contributed by atoms with Gasteiger partial charge in [-0.25, -0.2) is 13.6 Å². The van der Waals surface area contributed by atoms with E-state index in [4.69, 9.17) is 9.47 Å². The lowest BCUT2D eigenvalue weighted by atomic mass is 9.90. The zero-order valence-electron chi connectivity index (χ0n) is 24.8. The molecular formula is C31H34F2N4O6. The highest BCUT2D eigenvalue weighted by atomic mass is 19.1. The number of morpholine rings is 1. The fourth-order valence-corrected chi connectivity index (χ4v) is 5.82. The molecule has 1 saturated heterocycles. The van der Waals surface area contributed by atoms with Crippen LogP contribution in [0.1, 0.15) is 46.6 Å². The number of nitrogens with one attached hydrogen (secondary N) is 1. The summed E-state index contributed by atoms with van der Waals surface area (Å²) in [5.41, 5.74) is 2.36. The van der Waals surface area contributed by atoms with E-state index in [0.717, 1.165) is 27.8 Å². The van der Waals surface area contributed by atoms with Crippen molar-refractivity contribution in [2.75, 3.05) is 24.7 Å². The maximum Gasteiger partial charge on any atom is 0.330 e. The van der Waals surface area contributed by atoms with Gasteiger partial charge < -0.3 is 24.3 Å². The number of nitrogens with zero attached hydrogens (tertiary/aromatic N) is 3. The van der Waals surface area contributed by atoms with Crippen LogP contribution in [-0.4, -0.2) is 52.7 Å². The second kappa shape index (κ2) is 11.8. The number of Topliss-reactive ketones (excluding diaryl/α,β-unsaturated/α-hetero) is 1. The minimum Gasteiger partial charge on any atom is -0.377 e. The Balaban J connectivity index is 1.43. The number of hydrogen-bond acceptors (Lipinski definition) is 7. The summed E-state index contributed by atoms with van der Waals surface area (Å²) in [5.74, 6) is -3.49. The molecule has 2 aromatic carbocycles. The van der Waals surface area contributed by atoms with E-state index < -0.39 is 46.2 Å². The fourth-order valence-electron chi connectivity index (χ4n) is 5.82. The van der Waals surface area contributed by atoms with E-state index >= 15 is 8.78 Å². The molecule has 0 radical (unpaired) electrons. The number of benzene rings is 2. The Kier molecular flexibility index (Phi) is 8.35. The number of rotatable bonds is 7. The van der Waals surface area contributed by atoms with Gasteiger partial charge in [-0.1, -0.05) is 12.1 Å². The molecule has 5 rings (SSSR count). The van der Waals surface area contributed by atoms with Crippen LogP contribution in [0.3, 0.4) is 0 Å². The minimum atomic E-state index is -1.08. The van der Waals surface area contributed by atoms with E-state index in [1.54, 1.807) is 26.1 Å². The van der Waals surface area contributed by atoms with Gasteiger partial charge in [0.05, 0.1) is 38.0 Å². The zero-order valence-corrected chi connectivity index (χ0v) is 24.8. The average Bonchev–Trinajstić information content (AvgIpc) is 3.46. The summed E-state index contributed by atoms with van der Waals surface area (Å²) in [6.45, 7) is 6.60. The zero-order chi connectivity index (χ0) is 31.2. The van der Waals surface area contributed by atoms with E-state index in [2.05, 4.69) is 5.32 Å². The minimum absolute atomic E-state index is 0.0456. The first-order chi connectivity index (χ1) is 20.4. The number of aromatic nitrogens is 2. The van der Waals surface area contributed by atoms with Crippen molar-refractivity contribution in [3.05, 3.63) is 84.7 Å². The van der Waals surface area contributed by atoms with Crippen LogP contribution >= 0.6 is 0 Å². The molecule has 3 heterocycles. The van der Waals surface area contributed by atoms with E-state index in [-0.39, 0.29) is 25.7 Å². The first-order valence-corrected chi connectivity index (χ1v) is 14.0.